The van der Waals surface area contributed by atoms with Crippen LogP contribution in [0.4, 0.5) is 17.6 Å². The first-order valence-corrected chi connectivity index (χ1v) is 12.8. The zero-order valence-electron chi connectivity index (χ0n) is 20.0. The van der Waals surface area contributed by atoms with E-state index < -0.39 is 39.7 Å². The molecule has 0 radical (unpaired) electrons. The van der Waals surface area contributed by atoms with Gasteiger partial charge in [-0.25, -0.2) is 12.8 Å². The van der Waals surface area contributed by atoms with Gasteiger partial charge in [-0.1, -0.05) is 13.0 Å². The summed E-state index contributed by atoms with van der Waals surface area (Å²) in [7, 11) is -4.02. The SMILES string of the molecule is Cc1cnc(CNC(=O)[C@@H]2C[C@@H](C)CN2S(=O)(=O)c2ccc(F)cc2)cc1-c1ccc(C(F)(F)F)nc1. The van der Waals surface area contributed by atoms with Crippen molar-refractivity contribution < 1.29 is 30.8 Å². The Morgan fingerprint density at radius 2 is 1.81 bits per heavy atom. The van der Waals surface area contributed by atoms with Gasteiger partial charge in [0.05, 0.1) is 17.1 Å². The van der Waals surface area contributed by atoms with Gasteiger partial charge in [-0.05, 0) is 66.8 Å². The summed E-state index contributed by atoms with van der Waals surface area (Å²) >= 11 is 0. The first kappa shape index (κ1) is 26.7. The molecule has 0 bridgehead atoms. The third-order valence-electron chi connectivity index (χ3n) is 6.16. The Hall–Kier alpha value is -3.38. The second-order valence-electron chi connectivity index (χ2n) is 9.02. The molecule has 2 atom stereocenters. The number of hydrogen-bond acceptors (Lipinski definition) is 5. The minimum absolute atomic E-state index is 0.0184. The van der Waals surface area contributed by atoms with Gasteiger partial charge in [0.1, 0.15) is 17.6 Å². The fourth-order valence-corrected chi connectivity index (χ4v) is 5.96. The van der Waals surface area contributed by atoms with Crippen LogP contribution in [0.2, 0.25) is 0 Å². The number of carbonyl (C=O) groups is 1. The highest BCUT2D eigenvalue weighted by molar-refractivity contribution is 7.89. The molecular weight excluding hydrogens is 512 g/mol. The molecule has 0 unspecified atom stereocenters. The van der Waals surface area contributed by atoms with Crippen molar-refractivity contribution in [3.05, 3.63) is 77.6 Å². The largest absolute Gasteiger partial charge is 0.433 e. The Balaban J connectivity index is 1.50. The number of aromatic nitrogens is 2. The molecule has 1 saturated heterocycles. The van der Waals surface area contributed by atoms with Gasteiger partial charge < -0.3 is 5.32 Å². The smallest absolute Gasteiger partial charge is 0.349 e. The minimum Gasteiger partial charge on any atom is -0.349 e. The molecule has 1 fully saturated rings. The maximum Gasteiger partial charge on any atom is 0.433 e. The predicted molar refractivity (Wildman–Crippen MR) is 127 cm³/mol. The Bertz CT molecular complexity index is 1390. The van der Waals surface area contributed by atoms with Crippen molar-refractivity contribution in [3.8, 4) is 11.1 Å². The average Bonchev–Trinajstić information content (AvgIpc) is 3.26. The summed E-state index contributed by atoms with van der Waals surface area (Å²) in [6, 6.07) is 7.33. The number of nitrogens with one attached hydrogen (secondary N) is 1. The molecule has 0 aliphatic carbocycles. The molecule has 196 valence electrons. The van der Waals surface area contributed by atoms with E-state index in [9.17, 15) is 30.8 Å². The number of nitrogens with zero attached hydrogens (tertiary/aromatic N) is 3. The molecule has 3 aromatic rings. The lowest BCUT2D eigenvalue weighted by atomic mass is 10.0. The van der Waals surface area contributed by atoms with E-state index in [2.05, 4.69) is 15.3 Å². The van der Waals surface area contributed by atoms with Crippen molar-refractivity contribution in [2.75, 3.05) is 6.54 Å². The quantitative estimate of drug-likeness (QED) is 0.474. The van der Waals surface area contributed by atoms with Crippen LogP contribution in [0.5, 0.6) is 0 Å². The Kier molecular flexibility index (Phi) is 7.33. The Labute approximate surface area is 211 Å². The van der Waals surface area contributed by atoms with Crippen molar-refractivity contribution in [2.45, 2.75) is 43.9 Å². The summed E-state index contributed by atoms with van der Waals surface area (Å²) in [5, 5.41) is 2.72. The Morgan fingerprint density at radius 1 is 1.11 bits per heavy atom. The maximum absolute atomic E-state index is 13.3. The van der Waals surface area contributed by atoms with E-state index in [1.807, 2.05) is 6.92 Å². The normalized spacial score (nSPS) is 18.6. The molecule has 1 aliphatic rings. The lowest BCUT2D eigenvalue weighted by Crippen LogP contribution is -2.45. The molecule has 2 aromatic heterocycles. The van der Waals surface area contributed by atoms with Crippen LogP contribution in [-0.2, 0) is 27.5 Å². The standard InChI is InChI=1S/C25H24F4N4O3S/c1-15-9-22(33(14-15)37(35,36)20-6-4-18(26)5-7-20)24(34)32-13-19-10-21(16(2)11-30-19)17-3-8-23(31-12-17)25(27,28)29/h3-8,10-12,15,22H,9,13-14H2,1-2H3,(H,32,34)/t15-,22+/m1/s1. The number of amides is 1. The lowest BCUT2D eigenvalue weighted by Gasteiger charge is -2.23. The van der Waals surface area contributed by atoms with Crippen LogP contribution < -0.4 is 5.32 Å². The molecule has 1 aromatic carbocycles. The molecule has 0 spiro atoms. The van der Waals surface area contributed by atoms with E-state index in [-0.39, 0.29) is 23.9 Å². The van der Waals surface area contributed by atoms with Gasteiger partial charge in [0.2, 0.25) is 15.9 Å². The predicted octanol–water partition coefficient (Wildman–Crippen LogP) is 4.33. The van der Waals surface area contributed by atoms with Gasteiger partial charge in [-0.3, -0.25) is 14.8 Å². The number of alkyl halides is 3. The van der Waals surface area contributed by atoms with Crippen LogP contribution in [0.25, 0.3) is 11.1 Å². The van der Waals surface area contributed by atoms with Crippen molar-refractivity contribution in [3.63, 3.8) is 0 Å². The third kappa shape index (κ3) is 5.80. The van der Waals surface area contributed by atoms with Gasteiger partial charge in [-0.2, -0.15) is 17.5 Å². The van der Waals surface area contributed by atoms with Crippen molar-refractivity contribution in [2.24, 2.45) is 5.92 Å². The summed E-state index contributed by atoms with van der Waals surface area (Å²) in [5.41, 5.74) is 1.21. The summed E-state index contributed by atoms with van der Waals surface area (Å²) in [6.45, 7) is 3.72. The van der Waals surface area contributed by atoms with Crippen molar-refractivity contribution in [1.29, 1.82) is 0 Å². The number of rotatable bonds is 6. The first-order chi connectivity index (χ1) is 17.4. The summed E-state index contributed by atoms with van der Waals surface area (Å²) < 4.78 is 79.2. The van der Waals surface area contributed by atoms with E-state index in [0.717, 1.165) is 40.8 Å². The monoisotopic (exact) mass is 536 g/mol. The van der Waals surface area contributed by atoms with E-state index in [4.69, 9.17) is 0 Å². The fraction of sp³-hybridized carbons (Fsp3) is 0.320. The van der Waals surface area contributed by atoms with Crippen LogP contribution in [0.1, 0.15) is 30.3 Å². The molecule has 1 aliphatic heterocycles. The number of benzene rings is 1. The summed E-state index contributed by atoms with van der Waals surface area (Å²) in [4.78, 5) is 20.7. The van der Waals surface area contributed by atoms with E-state index in [1.165, 1.54) is 12.3 Å². The molecule has 12 heteroatoms. The van der Waals surface area contributed by atoms with Crippen LogP contribution >= 0.6 is 0 Å². The molecule has 7 nitrogen and oxygen atoms in total. The fourth-order valence-electron chi connectivity index (χ4n) is 4.24. The number of aryl methyl sites for hydroxylation is 1. The topological polar surface area (TPSA) is 92.3 Å². The molecule has 1 N–H and O–H groups in total. The minimum atomic E-state index is -4.54. The zero-order valence-corrected chi connectivity index (χ0v) is 20.8. The molecule has 0 saturated carbocycles. The molecular formula is C25H24F4N4O3S. The highest BCUT2D eigenvalue weighted by Crippen LogP contribution is 2.31. The lowest BCUT2D eigenvalue weighted by molar-refractivity contribution is -0.141. The summed E-state index contributed by atoms with van der Waals surface area (Å²) in [5.74, 6) is -1.14. The van der Waals surface area contributed by atoms with Gasteiger partial charge in [0.25, 0.3) is 0 Å². The maximum atomic E-state index is 13.3. The second kappa shape index (κ2) is 10.2. The third-order valence-corrected chi connectivity index (χ3v) is 8.05. The van der Waals surface area contributed by atoms with Crippen LogP contribution in [-0.4, -0.2) is 41.2 Å². The van der Waals surface area contributed by atoms with Crippen molar-refractivity contribution in [1.82, 2.24) is 19.6 Å². The van der Waals surface area contributed by atoms with E-state index in [1.54, 1.807) is 13.0 Å². The number of hydrogen-bond donors (Lipinski definition) is 1. The molecule has 37 heavy (non-hydrogen) atoms. The summed E-state index contributed by atoms with van der Waals surface area (Å²) in [6.07, 6.45) is -1.56. The highest BCUT2D eigenvalue weighted by atomic mass is 32.2. The van der Waals surface area contributed by atoms with E-state index in [0.29, 0.717) is 28.8 Å². The number of sulfonamides is 1. The van der Waals surface area contributed by atoms with Gasteiger partial charge >= 0.3 is 6.18 Å². The number of carbonyl (C=O) groups excluding carboxylic acids is 1. The zero-order chi connectivity index (χ0) is 27.0. The second-order valence-corrected chi connectivity index (χ2v) is 10.9. The molecule has 4 rings (SSSR count). The van der Waals surface area contributed by atoms with Crippen LogP contribution in [0.3, 0.4) is 0 Å². The number of pyridine rings is 2. The number of halogens is 4. The average molecular weight is 537 g/mol. The van der Waals surface area contributed by atoms with Crippen molar-refractivity contribution >= 4 is 15.9 Å². The van der Waals surface area contributed by atoms with Crippen LogP contribution in [0, 0.1) is 18.7 Å². The van der Waals surface area contributed by atoms with Gasteiger partial charge in [-0.15, -0.1) is 0 Å². The van der Waals surface area contributed by atoms with Gasteiger partial charge in [0.15, 0.2) is 0 Å². The molecule has 3 heterocycles. The van der Waals surface area contributed by atoms with Crippen LogP contribution in [0.15, 0.2) is 59.8 Å². The van der Waals surface area contributed by atoms with Gasteiger partial charge in [0, 0.05) is 24.5 Å². The first-order valence-electron chi connectivity index (χ1n) is 11.4. The van der Waals surface area contributed by atoms with E-state index >= 15 is 0 Å². The molecule has 1 amide bonds. The Morgan fingerprint density at radius 3 is 2.43 bits per heavy atom. The highest BCUT2D eigenvalue weighted by Gasteiger charge is 2.42.